The fourth-order valence-electron chi connectivity index (χ4n) is 3.64. The van der Waals surface area contributed by atoms with E-state index in [2.05, 4.69) is 11.6 Å². The minimum absolute atomic E-state index is 0.226. The number of benzene rings is 2. The van der Waals surface area contributed by atoms with E-state index < -0.39 is 24.7 Å². The van der Waals surface area contributed by atoms with E-state index in [0.29, 0.717) is 12.8 Å². The van der Waals surface area contributed by atoms with Crippen molar-refractivity contribution in [3.8, 4) is 5.75 Å². The zero-order valence-electron chi connectivity index (χ0n) is 16.7. The molecule has 1 aromatic heterocycles. The maximum Gasteiger partial charge on any atom is 0.123 e. The van der Waals surface area contributed by atoms with E-state index >= 15 is 0 Å². The number of hydrogen-bond acceptors (Lipinski definition) is 5. The number of phenols is 1. The van der Waals surface area contributed by atoms with Crippen LogP contribution in [0.5, 0.6) is 5.75 Å². The van der Waals surface area contributed by atoms with Crippen molar-refractivity contribution in [2.45, 2.75) is 25.0 Å². The number of aliphatic hydroxyl groups is 3. The van der Waals surface area contributed by atoms with Crippen LogP contribution < -0.4 is 0 Å². The molecular formula is C25H27NO4. The van der Waals surface area contributed by atoms with Crippen LogP contribution in [0.4, 0.5) is 0 Å². The highest BCUT2D eigenvalue weighted by molar-refractivity contribution is 5.98. The van der Waals surface area contributed by atoms with Crippen LogP contribution in [0.25, 0.3) is 22.4 Å². The van der Waals surface area contributed by atoms with Crippen molar-refractivity contribution in [3.63, 3.8) is 0 Å². The number of hydrogen-bond donors (Lipinski definition) is 4. The van der Waals surface area contributed by atoms with E-state index in [1.807, 2.05) is 54.6 Å². The Balaban J connectivity index is 1.95. The summed E-state index contributed by atoms with van der Waals surface area (Å²) in [7, 11) is 0. The molecule has 0 saturated heterocycles. The minimum Gasteiger partial charge on any atom is -0.507 e. The molecule has 0 fully saturated rings. The molecule has 30 heavy (non-hydrogen) atoms. The topological polar surface area (TPSA) is 93.8 Å². The average molecular weight is 405 g/mol. The summed E-state index contributed by atoms with van der Waals surface area (Å²) in [5, 5.41) is 41.5. The Morgan fingerprint density at radius 2 is 1.70 bits per heavy atom. The molecule has 1 heterocycles. The lowest BCUT2D eigenvalue weighted by Gasteiger charge is -2.23. The summed E-state index contributed by atoms with van der Waals surface area (Å²) in [5.41, 5.74) is 2.65. The van der Waals surface area contributed by atoms with E-state index in [4.69, 9.17) is 0 Å². The smallest absolute Gasteiger partial charge is 0.123 e. The lowest BCUT2D eigenvalue weighted by Crippen LogP contribution is -2.32. The lowest BCUT2D eigenvalue weighted by atomic mass is 9.90. The Morgan fingerprint density at radius 1 is 0.967 bits per heavy atom. The van der Waals surface area contributed by atoms with Gasteiger partial charge < -0.3 is 20.4 Å². The van der Waals surface area contributed by atoms with Crippen LogP contribution in [-0.2, 0) is 0 Å². The number of allylic oxidation sites excluding steroid dienone is 1. The molecule has 3 atom stereocenters. The Kier molecular flexibility index (Phi) is 7.36. The molecule has 0 amide bonds. The molecule has 2 aromatic carbocycles. The van der Waals surface area contributed by atoms with Gasteiger partial charge in [0, 0.05) is 17.5 Å². The van der Waals surface area contributed by atoms with E-state index in [1.54, 1.807) is 12.3 Å². The Labute approximate surface area is 176 Å². The largest absolute Gasteiger partial charge is 0.507 e. The van der Waals surface area contributed by atoms with Crippen molar-refractivity contribution in [1.82, 2.24) is 4.98 Å². The van der Waals surface area contributed by atoms with Crippen LogP contribution in [0.2, 0.25) is 0 Å². The van der Waals surface area contributed by atoms with Crippen LogP contribution in [0.15, 0.2) is 73.4 Å². The number of rotatable bonds is 9. The Hall–Kier alpha value is -2.99. The number of pyridine rings is 1. The standard InChI is InChI=1S/C25H27NO4/c1-2-19(25(30)16-27)23(28)13-11-18(22-9-5-6-14-26-22)15-17-10-12-24(29)21-8-4-3-7-20(17)21/h2-10,12,14-15,19,23,25,27-30H,1,11,13,16H2/b18-15-/t19-,23-,25-/m1/s1. The number of nitrogens with zero attached hydrogens (tertiary/aromatic N) is 1. The maximum atomic E-state index is 10.6. The number of aliphatic hydroxyl groups excluding tert-OH is 3. The molecular weight excluding hydrogens is 378 g/mol. The summed E-state index contributed by atoms with van der Waals surface area (Å²) in [6, 6.07) is 16.8. The predicted molar refractivity (Wildman–Crippen MR) is 120 cm³/mol. The molecule has 4 N–H and O–H groups in total. The number of aromatic hydroxyl groups is 1. The molecule has 3 rings (SSSR count). The van der Waals surface area contributed by atoms with Crippen LogP contribution >= 0.6 is 0 Å². The van der Waals surface area contributed by atoms with Gasteiger partial charge in [0.1, 0.15) is 5.75 Å². The second-order valence-corrected chi connectivity index (χ2v) is 7.27. The highest BCUT2D eigenvalue weighted by Gasteiger charge is 2.24. The first kappa shape index (κ1) is 21.7. The minimum atomic E-state index is -1.05. The van der Waals surface area contributed by atoms with Gasteiger partial charge in [-0.25, -0.2) is 0 Å². The SMILES string of the molecule is C=C[C@@H]([C@H](O)CO)[C@H](O)CC/C(=C/c1ccc(O)c2ccccc12)c1ccccn1. The molecule has 0 aliphatic heterocycles. The monoisotopic (exact) mass is 405 g/mol. The number of phenolic OH excluding ortho intramolecular Hbond substituents is 1. The molecule has 0 bridgehead atoms. The first-order valence-electron chi connectivity index (χ1n) is 9.97. The van der Waals surface area contributed by atoms with Gasteiger partial charge in [-0.3, -0.25) is 4.98 Å². The van der Waals surface area contributed by atoms with Crippen molar-refractivity contribution in [3.05, 3.63) is 84.7 Å². The fourth-order valence-corrected chi connectivity index (χ4v) is 3.64. The van der Waals surface area contributed by atoms with Crippen LogP contribution in [0.1, 0.15) is 24.1 Å². The third-order valence-electron chi connectivity index (χ3n) is 5.32. The zero-order chi connectivity index (χ0) is 21.5. The summed E-state index contributed by atoms with van der Waals surface area (Å²) in [4.78, 5) is 4.46. The summed E-state index contributed by atoms with van der Waals surface area (Å²) >= 11 is 0. The first-order valence-corrected chi connectivity index (χ1v) is 9.97. The summed E-state index contributed by atoms with van der Waals surface area (Å²) in [6.45, 7) is 3.23. The molecule has 0 saturated carbocycles. The van der Waals surface area contributed by atoms with Gasteiger partial charge in [0.05, 0.1) is 24.5 Å². The maximum absolute atomic E-state index is 10.6. The van der Waals surface area contributed by atoms with Crippen LogP contribution in [0.3, 0.4) is 0 Å². The van der Waals surface area contributed by atoms with E-state index in [9.17, 15) is 20.4 Å². The molecule has 0 radical (unpaired) electrons. The second kappa shape index (κ2) is 10.2. The molecule has 5 heteroatoms. The zero-order valence-corrected chi connectivity index (χ0v) is 16.7. The highest BCUT2D eigenvalue weighted by Crippen LogP contribution is 2.31. The first-order chi connectivity index (χ1) is 14.5. The average Bonchev–Trinajstić information content (AvgIpc) is 2.79. The fraction of sp³-hybridized carbons (Fsp3) is 0.240. The van der Waals surface area contributed by atoms with Gasteiger partial charge in [-0.15, -0.1) is 6.58 Å². The molecule has 3 aromatic rings. The van der Waals surface area contributed by atoms with Gasteiger partial charge >= 0.3 is 0 Å². The Morgan fingerprint density at radius 3 is 2.37 bits per heavy atom. The van der Waals surface area contributed by atoms with Crippen LogP contribution in [0, 0.1) is 5.92 Å². The molecule has 0 unspecified atom stereocenters. The molecule has 156 valence electrons. The van der Waals surface area contributed by atoms with Crippen molar-refractivity contribution >= 4 is 22.4 Å². The Bertz CT molecular complexity index is 1020. The second-order valence-electron chi connectivity index (χ2n) is 7.27. The van der Waals surface area contributed by atoms with Gasteiger partial charge in [-0.05, 0) is 53.6 Å². The lowest BCUT2D eigenvalue weighted by molar-refractivity contribution is 0.00256. The molecule has 0 aliphatic rings. The molecule has 0 aliphatic carbocycles. The summed E-state index contributed by atoms with van der Waals surface area (Å²) in [6.07, 6.45) is 4.18. The van der Waals surface area contributed by atoms with Gasteiger partial charge in [0.15, 0.2) is 0 Å². The van der Waals surface area contributed by atoms with Gasteiger partial charge in [-0.2, -0.15) is 0 Å². The quantitative estimate of drug-likeness (QED) is 0.407. The predicted octanol–water partition coefficient (Wildman–Crippen LogP) is 3.78. The van der Waals surface area contributed by atoms with Crippen molar-refractivity contribution < 1.29 is 20.4 Å². The summed E-state index contributed by atoms with van der Waals surface area (Å²) in [5.74, 6) is -0.390. The van der Waals surface area contributed by atoms with Gasteiger partial charge in [0.25, 0.3) is 0 Å². The van der Waals surface area contributed by atoms with Gasteiger partial charge in [-0.1, -0.05) is 42.5 Å². The molecule has 0 spiro atoms. The third-order valence-corrected chi connectivity index (χ3v) is 5.32. The van der Waals surface area contributed by atoms with Crippen molar-refractivity contribution in [2.75, 3.05) is 6.61 Å². The third kappa shape index (κ3) is 4.94. The molecule has 5 nitrogen and oxygen atoms in total. The van der Waals surface area contributed by atoms with Crippen LogP contribution in [-0.4, -0.2) is 44.2 Å². The van der Waals surface area contributed by atoms with Crippen molar-refractivity contribution in [2.24, 2.45) is 5.92 Å². The van der Waals surface area contributed by atoms with E-state index in [1.165, 1.54) is 6.08 Å². The highest BCUT2D eigenvalue weighted by atomic mass is 16.3. The normalized spacial score (nSPS) is 15.0. The van der Waals surface area contributed by atoms with Gasteiger partial charge in [0.2, 0.25) is 0 Å². The number of aromatic nitrogens is 1. The number of fused-ring (bicyclic) bond motifs is 1. The van der Waals surface area contributed by atoms with E-state index in [-0.39, 0.29) is 5.75 Å². The van der Waals surface area contributed by atoms with E-state index in [0.717, 1.165) is 27.6 Å². The van der Waals surface area contributed by atoms with Crippen molar-refractivity contribution in [1.29, 1.82) is 0 Å². The summed E-state index contributed by atoms with van der Waals surface area (Å²) < 4.78 is 0.